The summed E-state index contributed by atoms with van der Waals surface area (Å²) in [7, 11) is 2.03. The van der Waals surface area contributed by atoms with Gasteiger partial charge in [-0.05, 0) is 26.1 Å². The molecule has 0 atom stereocenters. The van der Waals surface area contributed by atoms with E-state index < -0.39 is 0 Å². The zero-order valence-corrected chi connectivity index (χ0v) is 9.79. The van der Waals surface area contributed by atoms with E-state index in [1.165, 1.54) is 0 Å². The highest BCUT2D eigenvalue weighted by atomic mass is 16.1. The standard InChI is InChI=1S/C13H19NO/c1-4-14(3)10-9-13(15)12-8-6-5-7-11(12)2/h5-8H,4,9-10H2,1-3H3. The van der Waals surface area contributed by atoms with Crippen molar-refractivity contribution in [3.05, 3.63) is 35.4 Å². The number of Topliss-reactive ketones (excluding diaryl/α,β-unsaturated/α-hetero) is 1. The molecule has 0 bridgehead atoms. The molecule has 0 saturated carbocycles. The summed E-state index contributed by atoms with van der Waals surface area (Å²) in [5.41, 5.74) is 1.93. The summed E-state index contributed by atoms with van der Waals surface area (Å²) in [5, 5.41) is 0. The second-order valence-electron chi connectivity index (χ2n) is 3.88. The minimum atomic E-state index is 0.244. The Kier molecular flexibility index (Phi) is 4.50. The fourth-order valence-electron chi connectivity index (χ4n) is 1.47. The monoisotopic (exact) mass is 205 g/mol. The van der Waals surface area contributed by atoms with Crippen LogP contribution in [0.1, 0.15) is 29.3 Å². The Balaban J connectivity index is 2.58. The van der Waals surface area contributed by atoms with Gasteiger partial charge in [0.1, 0.15) is 0 Å². The van der Waals surface area contributed by atoms with Gasteiger partial charge in [-0.25, -0.2) is 0 Å². The number of aryl methyl sites for hydroxylation is 1. The van der Waals surface area contributed by atoms with Crippen LogP contribution in [0.15, 0.2) is 24.3 Å². The molecule has 82 valence electrons. The van der Waals surface area contributed by atoms with Crippen molar-refractivity contribution in [1.29, 1.82) is 0 Å². The van der Waals surface area contributed by atoms with Gasteiger partial charge in [-0.1, -0.05) is 31.2 Å². The van der Waals surface area contributed by atoms with E-state index in [1.54, 1.807) is 0 Å². The number of carbonyl (C=O) groups is 1. The molecule has 0 amide bonds. The molecule has 2 nitrogen and oxygen atoms in total. The van der Waals surface area contributed by atoms with Gasteiger partial charge in [0, 0.05) is 18.5 Å². The lowest BCUT2D eigenvalue weighted by atomic mass is 10.0. The normalized spacial score (nSPS) is 10.7. The molecule has 0 N–H and O–H groups in total. The maximum absolute atomic E-state index is 11.9. The zero-order valence-electron chi connectivity index (χ0n) is 9.79. The van der Waals surface area contributed by atoms with Crippen molar-refractivity contribution in [3.8, 4) is 0 Å². The van der Waals surface area contributed by atoms with Crippen molar-refractivity contribution in [3.63, 3.8) is 0 Å². The van der Waals surface area contributed by atoms with Crippen LogP contribution in [-0.2, 0) is 0 Å². The van der Waals surface area contributed by atoms with Crippen molar-refractivity contribution in [2.75, 3.05) is 20.1 Å². The number of rotatable bonds is 5. The molecule has 0 aliphatic rings. The number of carbonyl (C=O) groups excluding carboxylic acids is 1. The van der Waals surface area contributed by atoms with Gasteiger partial charge in [-0.15, -0.1) is 0 Å². The average Bonchev–Trinajstić information content (AvgIpc) is 2.26. The quantitative estimate of drug-likeness (QED) is 0.688. The molecule has 0 aromatic heterocycles. The Bertz CT molecular complexity index is 333. The van der Waals surface area contributed by atoms with Gasteiger partial charge < -0.3 is 4.90 Å². The molecule has 0 radical (unpaired) electrons. The predicted octanol–water partition coefficient (Wildman–Crippen LogP) is 2.52. The summed E-state index contributed by atoms with van der Waals surface area (Å²) in [6.45, 7) is 5.90. The third-order valence-corrected chi connectivity index (χ3v) is 2.71. The minimum absolute atomic E-state index is 0.244. The van der Waals surface area contributed by atoms with E-state index in [1.807, 2.05) is 38.2 Å². The Morgan fingerprint density at radius 2 is 2.00 bits per heavy atom. The lowest BCUT2D eigenvalue weighted by molar-refractivity contribution is 0.0969. The zero-order chi connectivity index (χ0) is 11.3. The SMILES string of the molecule is CCN(C)CCC(=O)c1ccccc1C. The molecule has 1 rings (SSSR count). The summed E-state index contributed by atoms with van der Waals surface area (Å²) >= 11 is 0. The number of ketones is 1. The summed E-state index contributed by atoms with van der Waals surface area (Å²) in [6.07, 6.45) is 0.606. The van der Waals surface area contributed by atoms with Crippen LogP contribution >= 0.6 is 0 Å². The minimum Gasteiger partial charge on any atom is -0.306 e. The smallest absolute Gasteiger partial charge is 0.164 e. The molecule has 1 aromatic carbocycles. The topological polar surface area (TPSA) is 20.3 Å². The van der Waals surface area contributed by atoms with Crippen molar-refractivity contribution >= 4 is 5.78 Å². The van der Waals surface area contributed by atoms with Gasteiger partial charge in [0.2, 0.25) is 0 Å². The fourth-order valence-corrected chi connectivity index (χ4v) is 1.47. The van der Waals surface area contributed by atoms with Crippen LogP contribution in [0.2, 0.25) is 0 Å². The first-order valence-electron chi connectivity index (χ1n) is 5.42. The Morgan fingerprint density at radius 1 is 1.33 bits per heavy atom. The summed E-state index contributed by atoms with van der Waals surface area (Å²) in [5.74, 6) is 0.244. The first-order valence-corrected chi connectivity index (χ1v) is 5.42. The number of hydrogen-bond donors (Lipinski definition) is 0. The second-order valence-corrected chi connectivity index (χ2v) is 3.88. The second kappa shape index (κ2) is 5.66. The third kappa shape index (κ3) is 3.48. The van der Waals surface area contributed by atoms with Crippen molar-refractivity contribution in [1.82, 2.24) is 4.90 Å². The molecular weight excluding hydrogens is 186 g/mol. The highest BCUT2D eigenvalue weighted by Gasteiger charge is 2.08. The molecular formula is C13H19NO. The molecule has 0 aliphatic heterocycles. The first kappa shape index (κ1) is 11.9. The molecule has 1 aromatic rings. The number of nitrogens with zero attached hydrogens (tertiary/aromatic N) is 1. The highest BCUT2D eigenvalue weighted by molar-refractivity contribution is 5.97. The van der Waals surface area contributed by atoms with Crippen LogP contribution in [0.5, 0.6) is 0 Å². The molecule has 2 heteroatoms. The van der Waals surface area contributed by atoms with E-state index in [0.717, 1.165) is 24.2 Å². The van der Waals surface area contributed by atoms with Crippen LogP contribution < -0.4 is 0 Å². The number of hydrogen-bond acceptors (Lipinski definition) is 2. The molecule has 0 spiro atoms. The van der Waals surface area contributed by atoms with Crippen molar-refractivity contribution < 1.29 is 4.79 Å². The lowest BCUT2D eigenvalue weighted by Gasteiger charge is -2.13. The Morgan fingerprint density at radius 3 is 2.60 bits per heavy atom. The predicted molar refractivity (Wildman–Crippen MR) is 63.3 cm³/mol. The van der Waals surface area contributed by atoms with Crippen molar-refractivity contribution in [2.45, 2.75) is 20.3 Å². The highest BCUT2D eigenvalue weighted by Crippen LogP contribution is 2.09. The lowest BCUT2D eigenvalue weighted by Crippen LogP contribution is -2.21. The van der Waals surface area contributed by atoms with Crippen LogP contribution in [0.4, 0.5) is 0 Å². The van der Waals surface area contributed by atoms with Crippen molar-refractivity contribution in [2.24, 2.45) is 0 Å². The van der Waals surface area contributed by atoms with Gasteiger partial charge in [-0.3, -0.25) is 4.79 Å². The maximum atomic E-state index is 11.9. The molecule has 15 heavy (non-hydrogen) atoms. The summed E-state index contributed by atoms with van der Waals surface area (Å²) in [4.78, 5) is 14.0. The molecule has 0 fully saturated rings. The summed E-state index contributed by atoms with van der Waals surface area (Å²) in [6, 6.07) is 7.77. The maximum Gasteiger partial charge on any atom is 0.164 e. The Hall–Kier alpha value is -1.15. The van der Waals surface area contributed by atoms with Gasteiger partial charge >= 0.3 is 0 Å². The van der Waals surface area contributed by atoms with Gasteiger partial charge in [0.05, 0.1) is 0 Å². The molecule has 0 unspecified atom stereocenters. The third-order valence-electron chi connectivity index (χ3n) is 2.71. The fraction of sp³-hybridized carbons (Fsp3) is 0.462. The van der Waals surface area contributed by atoms with Gasteiger partial charge in [-0.2, -0.15) is 0 Å². The van der Waals surface area contributed by atoms with E-state index in [9.17, 15) is 4.79 Å². The number of benzene rings is 1. The first-order chi connectivity index (χ1) is 7.15. The largest absolute Gasteiger partial charge is 0.306 e. The average molecular weight is 205 g/mol. The molecule has 0 saturated heterocycles. The molecule has 0 heterocycles. The summed E-state index contributed by atoms with van der Waals surface area (Å²) < 4.78 is 0. The van der Waals surface area contributed by atoms with E-state index in [4.69, 9.17) is 0 Å². The van der Waals surface area contributed by atoms with Crippen LogP contribution in [0, 0.1) is 6.92 Å². The van der Waals surface area contributed by atoms with Crippen LogP contribution in [-0.4, -0.2) is 30.8 Å². The van der Waals surface area contributed by atoms with Gasteiger partial charge in [0.25, 0.3) is 0 Å². The van der Waals surface area contributed by atoms with E-state index in [-0.39, 0.29) is 5.78 Å². The van der Waals surface area contributed by atoms with E-state index in [0.29, 0.717) is 6.42 Å². The Labute approximate surface area is 91.9 Å². The van der Waals surface area contributed by atoms with Gasteiger partial charge in [0.15, 0.2) is 5.78 Å². The molecule has 0 aliphatic carbocycles. The van der Waals surface area contributed by atoms with Crippen LogP contribution in [0.3, 0.4) is 0 Å². The van der Waals surface area contributed by atoms with E-state index in [2.05, 4.69) is 11.8 Å². The van der Waals surface area contributed by atoms with E-state index >= 15 is 0 Å². The van der Waals surface area contributed by atoms with Crippen LogP contribution in [0.25, 0.3) is 0 Å².